The van der Waals surface area contributed by atoms with Crippen LogP contribution in [0.4, 0.5) is 0 Å². The summed E-state index contributed by atoms with van der Waals surface area (Å²) in [7, 11) is 0. The van der Waals surface area contributed by atoms with Crippen LogP contribution in [-0.2, 0) is 28.3 Å². The van der Waals surface area contributed by atoms with Gasteiger partial charge in [-0.2, -0.15) is 0 Å². The molecule has 0 bridgehead atoms. The first-order valence-electron chi connectivity index (χ1n) is 12.0. The second-order valence-electron chi connectivity index (χ2n) is 8.48. The third-order valence-electron chi connectivity index (χ3n) is 5.70. The van der Waals surface area contributed by atoms with Crippen LogP contribution in [0, 0.1) is 0 Å². The highest BCUT2D eigenvalue weighted by Crippen LogP contribution is 2.19. The molecule has 3 aromatic rings. The molecule has 2 amide bonds. The Morgan fingerprint density at radius 1 is 0.886 bits per heavy atom. The second-order valence-corrected chi connectivity index (χ2v) is 9.90. The van der Waals surface area contributed by atoms with Gasteiger partial charge in [-0.3, -0.25) is 9.59 Å². The Hall–Kier alpha value is -2.76. The molecule has 4 nitrogen and oxygen atoms in total. The summed E-state index contributed by atoms with van der Waals surface area (Å²) in [6.07, 6.45) is 2.36. The monoisotopic (exact) mass is 508 g/mol. The van der Waals surface area contributed by atoms with E-state index in [9.17, 15) is 9.59 Å². The molecule has 0 saturated heterocycles. The number of nitrogens with one attached hydrogen (secondary N) is 1. The molecule has 1 N–H and O–H groups in total. The first kappa shape index (κ1) is 26.8. The second kappa shape index (κ2) is 14.6. The van der Waals surface area contributed by atoms with Crippen molar-refractivity contribution in [1.82, 2.24) is 10.2 Å². The van der Waals surface area contributed by atoms with E-state index in [2.05, 4.69) is 24.4 Å². The fourth-order valence-electron chi connectivity index (χ4n) is 3.76. The molecule has 0 aromatic heterocycles. The molecule has 0 saturated carbocycles. The average molecular weight is 509 g/mol. The number of carbonyl (C=O) groups excluding carboxylic acids is 2. The average Bonchev–Trinajstić information content (AvgIpc) is 2.88. The lowest BCUT2D eigenvalue weighted by molar-refractivity contribution is -0.139. The molecule has 3 rings (SSSR count). The molecule has 0 aliphatic heterocycles. The van der Waals surface area contributed by atoms with Gasteiger partial charge in [0.25, 0.3) is 0 Å². The van der Waals surface area contributed by atoms with E-state index in [-0.39, 0.29) is 11.8 Å². The van der Waals surface area contributed by atoms with E-state index in [4.69, 9.17) is 11.6 Å². The molecule has 6 heteroatoms. The molecule has 0 heterocycles. The van der Waals surface area contributed by atoms with Crippen LogP contribution in [-0.4, -0.2) is 35.1 Å². The van der Waals surface area contributed by atoms with Crippen molar-refractivity contribution in [3.05, 3.63) is 107 Å². The molecular weight excluding hydrogens is 476 g/mol. The number of amides is 2. The first-order chi connectivity index (χ1) is 17.1. The van der Waals surface area contributed by atoms with Gasteiger partial charge in [0.15, 0.2) is 0 Å². The summed E-state index contributed by atoms with van der Waals surface area (Å²) in [4.78, 5) is 28.7. The number of halogens is 1. The summed E-state index contributed by atoms with van der Waals surface area (Å²) in [5.74, 6) is 0.883. The number of nitrogens with zero attached hydrogens (tertiary/aromatic N) is 1. The van der Waals surface area contributed by atoms with Crippen molar-refractivity contribution < 1.29 is 9.59 Å². The standard InChI is InChI=1S/C29H33ClN2O2S/c1-2-3-18-31-29(34)27(19-23-10-6-4-7-11-23)32(20-24-14-16-26(30)17-15-24)28(33)22-35-21-25-12-8-5-9-13-25/h4-17,27H,2-3,18-22H2,1H3,(H,31,34)/t27-/m0/s1. The molecular formula is C29H33ClN2O2S. The molecule has 0 unspecified atom stereocenters. The number of benzene rings is 3. The van der Waals surface area contributed by atoms with Crippen LogP contribution in [0.5, 0.6) is 0 Å². The number of carbonyl (C=O) groups is 2. The molecule has 0 aliphatic carbocycles. The Morgan fingerprint density at radius 2 is 1.51 bits per heavy atom. The van der Waals surface area contributed by atoms with Gasteiger partial charge in [0.1, 0.15) is 6.04 Å². The number of thioether (sulfide) groups is 1. The van der Waals surface area contributed by atoms with Crippen LogP contribution in [0.1, 0.15) is 36.5 Å². The van der Waals surface area contributed by atoms with Crippen molar-refractivity contribution in [3.8, 4) is 0 Å². The molecule has 0 spiro atoms. The lowest BCUT2D eigenvalue weighted by Gasteiger charge is -2.31. The summed E-state index contributed by atoms with van der Waals surface area (Å²) in [5, 5.41) is 3.70. The zero-order valence-corrected chi connectivity index (χ0v) is 21.7. The third kappa shape index (κ3) is 9.08. The smallest absolute Gasteiger partial charge is 0.243 e. The van der Waals surface area contributed by atoms with Crippen molar-refractivity contribution in [2.45, 2.75) is 44.5 Å². The molecule has 3 aromatic carbocycles. The van der Waals surface area contributed by atoms with Crippen molar-refractivity contribution >= 4 is 35.2 Å². The summed E-state index contributed by atoms with van der Waals surface area (Å²) in [6, 6.07) is 26.8. The van der Waals surface area contributed by atoms with Crippen LogP contribution >= 0.6 is 23.4 Å². The Morgan fingerprint density at radius 3 is 2.14 bits per heavy atom. The zero-order valence-electron chi connectivity index (χ0n) is 20.2. The van der Waals surface area contributed by atoms with Crippen molar-refractivity contribution in [1.29, 1.82) is 0 Å². The summed E-state index contributed by atoms with van der Waals surface area (Å²) < 4.78 is 0. The van der Waals surface area contributed by atoms with Crippen molar-refractivity contribution in [2.24, 2.45) is 0 Å². The van der Waals surface area contributed by atoms with Crippen molar-refractivity contribution in [3.63, 3.8) is 0 Å². The highest BCUT2D eigenvalue weighted by Gasteiger charge is 2.30. The van der Waals surface area contributed by atoms with Gasteiger partial charge in [0.2, 0.25) is 11.8 Å². The van der Waals surface area contributed by atoms with Crippen LogP contribution < -0.4 is 5.32 Å². The summed E-state index contributed by atoms with van der Waals surface area (Å²) in [6.45, 7) is 3.04. The predicted molar refractivity (Wildman–Crippen MR) is 146 cm³/mol. The fourth-order valence-corrected chi connectivity index (χ4v) is 4.76. The normalized spacial score (nSPS) is 11.6. The fraction of sp³-hybridized carbons (Fsp3) is 0.310. The van der Waals surface area contributed by atoms with E-state index in [1.54, 1.807) is 16.7 Å². The number of hydrogen-bond donors (Lipinski definition) is 1. The maximum absolute atomic E-state index is 13.6. The van der Waals surface area contributed by atoms with Gasteiger partial charge in [-0.25, -0.2) is 0 Å². The molecule has 0 radical (unpaired) electrons. The van der Waals surface area contributed by atoms with Gasteiger partial charge in [-0.05, 0) is 35.2 Å². The van der Waals surface area contributed by atoms with E-state index in [1.807, 2.05) is 72.8 Å². The number of hydrogen-bond acceptors (Lipinski definition) is 3. The maximum atomic E-state index is 13.6. The van der Waals surface area contributed by atoms with E-state index < -0.39 is 6.04 Å². The Balaban J connectivity index is 1.82. The highest BCUT2D eigenvalue weighted by atomic mass is 35.5. The minimum atomic E-state index is -0.602. The minimum Gasteiger partial charge on any atom is -0.354 e. The van der Waals surface area contributed by atoms with Crippen LogP contribution in [0.15, 0.2) is 84.9 Å². The van der Waals surface area contributed by atoms with Crippen LogP contribution in [0.3, 0.4) is 0 Å². The van der Waals surface area contributed by atoms with Gasteiger partial charge >= 0.3 is 0 Å². The van der Waals surface area contributed by atoms with E-state index in [1.165, 1.54) is 5.56 Å². The molecule has 0 aliphatic rings. The summed E-state index contributed by atoms with van der Waals surface area (Å²) in [5.41, 5.74) is 3.14. The van der Waals surface area contributed by atoms with E-state index in [0.717, 1.165) is 29.7 Å². The van der Waals surface area contributed by atoms with Gasteiger partial charge in [0.05, 0.1) is 5.75 Å². The van der Waals surface area contributed by atoms with Crippen LogP contribution in [0.2, 0.25) is 5.02 Å². The number of rotatable bonds is 13. The van der Waals surface area contributed by atoms with Gasteiger partial charge < -0.3 is 10.2 Å². The Kier molecular flexibility index (Phi) is 11.2. The third-order valence-corrected chi connectivity index (χ3v) is 6.94. The zero-order chi connectivity index (χ0) is 24.9. The topological polar surface area (TPSA) is 49.4 Å². The molecule has 35 heavy (non-hydrogen) atoms. The summed E-state index contributed by atoms with van der Waals surface area (Å²) >= 11 is 7.65. The highest BCUT2D eigenvalue weighted by molar-refractivity contribution is 7.99. The van der Waals surface area contributed by atoms with E-state index in [0.29, 0.717) is 30.3 Å². The lowest BCUT2D eigenvalue weighted by atomic mass is 10.0. The largest absolute Gasteiger partial charge is 0.354 e. The Labute approximate surface area is 218 Å². The lowest BCUT2D eigenvalue weighted by Crippen LogP contribution is -2.51. The van der Waals surface area contributed by atoms with Crippen molar-refractivity contribution in [2.75, 3.05) is 12.3 Å². The molecule has 1 atom stereocenters. The van der Waals surface area contributed by atoms with Gasteiger partial charge in [-0.1, -0.05) is 97.7 Å². The quantitative estimate of drug-likeness (QED) is 0.282. The minimum absolute atomic E-state index is 0.0487. The number of unbranched alkanes of at least 4 members (excludes halogenated alkanes) is 1. The molecule has 0 fully saturated rings. The van der Waals surface area contributed by atoms with Gasteiger partial charge in [-0.15, -0.1) is 11.8 Å². The maximum Gasteiger partial charge on any atom is 0.243 e. The Bertz CT molecular complexity index is 1050. The first-order valence-corrected chi connectivity index (χ1v) is 13.6. The van der Waals surface area contributed by atoms with Gasteiger partial charge in [0, 0.05) is 30.3 Å². The SMILES string of the molecule is CCCCNC(=O)[C@H](Cc1ccccc1)N(Cc1ccc(Cl)cc1)C(=O)CSCc1ccccc1. The molecule has 184 valence electrons. The van der Waals surface area contributed by atoms with Crippen LogP contribution in [0.25, 0.3) is 0 Å². The predicted octanol–water partition coefficient (Wildman–Crippen LogP) is 6.13. The van der Waals surface area contributed by atoms with E-state index >= 15 is 0 Å².